The lowest BCUT2D eigenvalue weighted by molar-refractivity contribution is 1.18. The number of fused-ring (bicyclic) bond motifs is 9. The molecule has 0 fully saturated rings. The highest BCUT2D eigenvalue weighted by Gasteiger charge is 2.37. The van der Waals surface area contributed by atoms with E-state index in [1.165, 1.54) is 38.1 Å². The van der Waals surface area contributed by atoms with Gasteiger partial charge in [0, 0.05) is 39.0 Å². The molecule has 0 spiro atoms. The minimum absolute atomic E-state index is 0.943. The third-order valence-electron chi connectivity index (χ3n) is 9.23. The van der Waals surface area contributed by atoms with Gasteiger partial charge in [0.2, 0.25) is 0 Å². The Morgan fingerprint density at radius 1 is 0.571 bits per heavy atom. The molecule has 8 aromatic rings. The van der Waals surface area contributed by atoms with Crippen LogP contribution in [0.1, 0.15) is 0 Å². The zero-order valence-electron chi connectivity index (χ0n) is 23.5. The first-order valence-electron chi connectivity index (χ1n) is 14.5. The lowest BCUT2D eigenvalue weighted by Crippen LogP contribution is -2.49. The predicted octanol–water partition coefficient (Wildman–Crippen LogP) is 8.35. The van der Waals surface area contributed by atoms with Crippen molar-refractivity contribution in [1.82, 2.24) is 14.5 Å². The number of hydrogen-bond donors (Lipinski definition) is 0. The molecular weight excluding hydrogens is 527 g/mol. The van der Waals surface area contributed by atoms with E-state index in [-0.39, 0.29) is 0 Å². The molecule has 0 unspecified atom stereocenters. The number of para-hydroxylation sites is 1. The summed E-state index contributed by atoms with van der Waals surface area (Å²) in [6.45, 7) is 4.97. The summed E-state index contributed by atoms with van der Waals surface area (Å²) in [6, 6.07) is 44.2. The van der Waals surface area contributed by atoms with Crippen LogP contribution in [0.5, 0.6) is 0 Å². The molecule has 4 heterocycles. The number of rotatable bonds is 2. The summed E-state index contributed by atoms with van der Waals surface area (Å²) in [4.78, 5) is 9.71. The van der Waals surface area contributed by atoms with Gasteiger partial charge in [0.15, 0.2) is 0 Å². The van der Waals surface area contributed by atoms with Crippen LogP contribution in [0.15, 0.2) is 128 Å². The van der Waals surface area contributed by atoms with Crippen LogP contribution in [0.2, 0.25) is 13.1 Å². The van der Waals surface area contributed by atoms with E-state index < -0.39 is 8.07 Å². The Labute approximate surface area is 244 Å². The number of hydrogen-bond acceptors (Lipinski definition) is 2. The molecule has 0 amide bonds. The molecule has 0 aliphatic carbocycles. The van der Waals surface area contributed by atoms with Gasteiger partial charge in [-0.2, -0.15) is 0 Å². The molecule has 5 aromatic carbocycles. The molecule has 0 radical (unpaired) electrons. The number of aromatic nitrogens is 3. The zero-order valence-corrected chi connectivity index (χ0v) is 24.5. The van der Waals surface area contributed by atoms with Crippen LogP contribution < -0.4 is 10.4 Å². The van der Waals surface area contributed by atoms with Crippen LogP contribution in [-0.4, -0.2) is 22.6 Å². The van der Waals surface area contributed by atoms with Gasteiger partial charge in [-0.3, -0.25) is 4.98 Å². The Hall–Kier alpha value is -5.06. The van der Waals surface area contributed by atoms with E-state index >= 15 is 0 Å². The average molecular weight is 554 g/mol. The van der Waals surface area contributed by atoms with E-state index in [2.05, 4.69) is 138 Å². The van der Waals surface area contributed by atoms with Gasteiger partial charge in [-0.15, -0.1) is 0 Å². The van der Waals surface area contributed by atoms with Crippen molar-refractivity contribution in [3.05, 3.63) is 128 Å². The predicted molar refractivity (Wildman–Crippen MR) is 179 cm³/mol. The van der Waals surface area contributed by atoms with E-state index in [0.717, 1.165) is 38.8 Å². The zero-order chi connectivity index (χ0) is 28.0. The van der Waals surface area contributed by atoms with Gasteiger partial charge in [0.05, 0.1) is 27.8 Å². The summed E-state index contributed by atoms with van der Waals surface area (Å²) < 4.78 is 2.44. The molecule has 3 nitrogen and oxygen atoms in total. The van der Waals surface area contributed by atoms with Crippen molar-refractivity contribution in [1.29, 1.82) is 0 Å². The summed E-state index contributed by atoms with van der Waals surface area (Å²) in [6.07, 6.45) is 1.84. The van der Waals surface area contributed by atoms with Crippen LogP contribution in [0, 0.1) is 0 Å². The first-order valence-corrected chi connectivity index (χ1v) is 17.5. The van der Waals surface area contributed by atoms with E-state index in [0.29, 0.717) is 0 Å². The minimum atomic E-state index is -1.79. The summed E-state index contributed by atoms with van der Waals surface area (Å²) in [7, 11) is -1.79. The standard InChI is InChI=1S/C38H27N3Si/c1-42(2)35-12-6-4-10-29(35)31-22-30-28-9-3-5-11-33(28)41(34(30)23-36(31)42)27-18-15-24(16-19-27)32-20-17-26-14-13-25-8-7-21-39-37(25)38(26)40-32/h3-23H,1-2H3. The molecule has 0 atom stereocenters. The molecule has 1 aliphatic heterocycles. The maximum atomic E-state index is 5.08. The van der Waals surface area contributed by atoms with E-state index in [4.69, 9.17) is 4.98 Å². The van der Waals surface area contributed by atoms with Gasteiger partial charge in [-0.05, 0) is 64.0 Å². The molecule has 3 aromatic heterocycles. The lowest BCUT2D eigenvalue weighted by Gasteiger charge is -2.19. The second-order valence-electron chi connectivity index (χ2n) is 11.9. The smallest absolute Gasteiger partial charge is 0.113 e. The fourth-order valence-corrected chi connectivity index (χ4v) is 10.2. The van der Waals surface area contributed by atoms with E-state index in [1.807, 2.05) is 12.3 Å². The average Bonchev–Trinajstić information content (AvgIpc) is 3.48. The fourth-order valence-electron chi connectivity index (χ4n) is 7.11. The monoisotopic (exact) mass is 553 g/mol. The van der Waals surface area contributed by atoms with Crippen molar-refractivity contribution < 1.29 is 0 Å². The minimum Gasteiger partial charge on any atom is -0.309 e. The Morgan fingerprint density at radius 2 is 1.33 bits per heavy atom. The molecule has 1 aliphatic rings. The molecule has 0 bridgehead atoms. The van der Waals surface area contributed by atoms with Crippen molar-refractivity contribution in [2.45, 2.75) is 13.1 Å². The van der Waals surface area contributed by atoms with Gasteiger partial charge < -0.3 is 4.57 Å². The number of benzene rings is 5. The summed E-state index contributed by atoms with van der Waals surface area (Å²) in [5.74, 6) is 0. The number of pyridine rings is 2. The number of nitrogens with zero attached hydrogens (tertiary/aromatic N) is 3. The van der Waals surface area contributed by atoms with Crippen molar-refractivity contribution in [3.63, 3.8) is 0 Å². The second kappa shape index (κ2) is 8.48. The summed E-state index contributed by atoms with van der Waals surface area (Å²) in [5, 5.41) is 7.88. The van der Waals surface area contributed by atoms with Crippen molar-refractivity contribution in [2.75, 3.05) is 0 Å². The Balaban J connectivity index is 1.22. The van der Waals surface area contributed by atoms with Crippen LogP contribution in [0.25, 0.3) is 71.7 Å². The van der Waals surface area contributed by atoms with Gasteiger partial charge in [0.1, 0.15) is 8.07 Å². The topological polar surface area (TPSA) is 30.7 Å². The third kappa shape index (κ3) is 3.21. The Kier molecular flexibility index (Phi) is 4.77. The lowest BCUT2D eigenvalue weighted by atomic mass is 10.0. The van der Waals surface area contributed by atoms with Gasteiger partial charge in [0.25, 0.3) is 0 Å². The SMILES string of the molecule is C[Si]1(C)c2ccccc2-c2cc3c4ccccc4n(-c4ccc(-c5ccc6ccc7cccnc7c6n5)cc4)c3cc21. The molecule has 0 saturated carbocycles. The highest BCUT2D eigenvalue weighted by Crippen LogP contribution is 2.37. The van der Waals surface area contributed by atoms with Gasteiger partial charge >= 0.3 is 0 Å². The Bertz CT molecular complexity index is 2380. The second-order valence-corrected chi connectivity index (χ2v) is 16.2. The third-order valence-corrected chi connectivity index (χ3v) is 12.8. The quantitative estimate of drug-likeness (QED) is 0.159. The molecule has 9 rings (SSSR count). The Morgan fingerprint density at radius 3 is 2.21 bits per heavy atom. The van der Waals surface area contributed by atoms with E-state index in [1.54, 1.807) is 5.19 Å². The summed E-state index contributed by atoms with van der Waals surface area (Å²) >= 11 is 0. The van der Waals surface area contributed by atoms with Crippen LogP contribution in [0.4, 0.5) is 0 Å². The van der Waals surface area contributed by atoms with Crippen molar-refractivity contribution in [2.24, 2.45) is 0 Å². The van der Waals surface area contributed by atoms with Crippen molar-refractivity contribution >= 4 is 62.1 Å². The maximum absolute atomic E-state index is 5.08. The molecule has 42 heavy (non-hydrogen) atoms. The molecular formula is C38H27N3Si. The molecule has 0 N–H and O–H groups in total. The largest absolute Gasteiger partial charge is 0.309 e. The van der Waals surface area contributed by atoms with Crippen LogP contribution in [0.3, 0.4) is 0 Å². The van der Waals surface area contributed by atoms with E-state index in [9.17, 15) is 0 Å². The first-order chi connectivity index (χ1) is 20.6. The van der Waals surface area contributed by atoms with Gasteiger partial charge in [-0.25, -0.2) is 4.98 Å². The van der Waals surface area contributed by atoms with Crippen LogP contribution >= 0.6 is 0 Å². The molecule has 198 valence electrons. The molecule has 4 heteroatoms. The van der Waals surface area contributed by atoms with Gasteiger partial charge in [-0.1, -0.05) is 92.0 Å². The summed E-state index contributed by atoms with van der Waals surface area (Å²) in [5.41, 5.74) is 10.4. The fraction of sp³-hybridized carbons (Fsp3) is 0.0526. The highest BCUT2D eigenvalue weighted by molar-refractivity contribution is 7.04. The normalized spacial score (nSPS) is 13.7. The first kappa shape index (κ1) is 23.6. The van der Waals surface area contributed by atoms with Crippen LogP contribution in [-0.2, 0) is 0 Å². The molecule has 0 saturated heterocycles. The maximum Gasteiger partial charge on any atom is 0.113 e. The highest BCUT2D eigenvalue weighted by atomic mass is 28.3. The van der Waals surface area contributed by atoms with Crippen molar-refractivity contribution in [3.8, 4) is 28.1 Å².